The van der Waals surface area contributed by atoms with Crippen molar-refractivity contribution < 1.29 is 9.78 Å². The molecular formula is C10H11N3O3S. The zero-order valence-electron chi connectivity index (χ0n) is 9.10. The minimum Gasteiger partial charge on any atom is -0.334 e. The van der Waals surface area contributed by atoms with E-state index in [0.717, 1.165) is 10.2 Å². The van der Waals surface area contributed by atoms with Gasteiger partial charge < -0.3 is 10.8 Å². The topological polar surface area (TPSA) is 82.3 Å². The normalized spacial score (nSPS) is 10.9. The number of fused-ring (bicyclic) bond motifs is 1. The van der Waals surface area contributed by atoms with Gasteiger partial charge in [0, 0.05) is 0 Å². The monoisotopic (exact) mass is 253 g/mol. The zero-order chi connectivity index (χ0) is 12.4. The molecule has 2 aromatic rings. The molecule has 0 atom stereocenters. The number of nitrogens with one attached hydrogen (secondary N) is 1. The van der Waals surface area contributed by atoms with Gasteiger partial charge in [-0.3, -0.25) is 4.79 Å². The van der Waals surface area contributed by atoms with Crippen molar-refractivity contribution in [3.05, 3.63) is 38.9 Å². The van der Waals surface area contributed by atoms with E-state index < -0.39 is 0 Å². The molecule has 1 heterocycles. The van der Waals surface area contributed by atoms with Gasteiger partial charge in [-0.2, -0.15) is 4.68 Å². The van der Waals surface area contributed by atoms with Crippen molar-refractivity contribution in [3.8, 4) is 0 Å². The molecule has 1 aromatic carbocycles. The van der Waals surface area contributed by atoms with Gasteiger partial charge in [0.15, 0.2) is 4.77 Å². The summed E-state index contributed by atoms with van der Waals surface area (Å²) in [5.74, 6) is 5.49. The lowest BCUT2D eigenvalue weighted by Crippen LogP contribution is -2.28. The lowest BCUT2D eigenvalue weighted by molar-refractivity contribution is -0.282. The van der Waals surface area contributed by atoms with Crippen LogP contribution in [0.1, 0.15) is 5.56 Å². The molecule has 3 N–H and O–H groups in total. The predicted molar refractivity (Wildman–Crippen MR) is 65.3 cm³/mol. The molecule has 0 spiro atoms. The van der Waals surface area contributed by atoms with Gasteiger partial charge in [0.25, 0.3) is 5.56 Å². The van der Waals surface area contributed by atoms with Crippen LogP contribution in [0.25, 0.3) is 10.9 Å². The molecule has 0 amide bonds. The number of hydrogen-bond donors (Lipinski definition) is 2. The molecule has 7 heteroatoms. The van der Waals surface area contributed by atoms with Crippen LogP contribution in [0, 0.1) is 4.77 Å². The van der Waals surface area contributed by atoms with Crippen LogP contribution in [0.3, 0.4) is 0 Å². The Balaban J connectivity index is 2.59. The molecule has 0 bridgehead atoms. The highest BCUT2D eigenvalue weighted by Crippen LogP contribution is 2.11. The number of hydrogen-bond acceptors (Lipinski definition) is 5. The lowest BCUT2D eigenvalue weighted by Gasteiger charge is -2.05. The van der Waals surface area contributed by atoms with Crippen LogP contribution >= 0.6 is 12.2 Å². The van der Waals surface area contributed by atoms with Crippen molar-refractivity contribution >= 4 is 23.1 Å². The molecule has 0 aliphatic carbocycles. The molecule has 17 heavy (non-hydrogen) atoms. The van der Waals surface area contributed by atoms with Gasteiger partial charge in [0.05, 0.1) is 18.0 Å². The molecular weight excluding hydrogens is 242 g/mol. The van der Waals surface area contributed by atoms with E-state index in [4.69, 9.17) is 22.9 Å². The number of nitrogen functional groups attached to an aromatic ring is 1. The van der Waals surface area contributed by atoms with Crippen LogP contribution in [0.15, 0.2) is 23.0 Å². The summed E-state index contributed by atoms with van der Waals surface area (Å²) in [6.45, 7) is 0.290. The summed E-state index contributed by atoms with van der Waals surface area (Å²) in [4.78, 5) is 24.0. The van der Waals surface area contributed by atoms with Crippen LogP contribution in [0.2, 0.25) is 0 Å². The fourth-order valence-electron chi connectivity index (χ4n) is 1.50. The molecule has 1 aromatic heterocycles. The van der Waals surface area contributed by atoms with Gasteiger partial charge in [-0.15, -0.1) is 0 Å². The van der Waals surface area contributed by atoms with E-state index in [9.17, 15) is 4.79 Å². The number of nitrogens with zero attached hydrogens (tertiary/aromatic N) is 1. The maximum absolute atomic E-state index is 11.8. The van der Waals surface area contributed by atoms with Crippen molar-refractivity contribution in [2.45, 2.75) is 6.61 Å². The molecule has 90 valence electrons. The van der Waals surface area contributed by atoms with Crippen molar-refractivity contribution in [3.63, 3.8) is 0 Å². The quantitative estimate of drug-likeness (QED) is 0.367. The number of benzene rings is 1. The Hall–Kier alpha value is -1.70. The van der Waals surface area contributed by atoms with Crippen LogP contribution in [0.4, 0.5) is 0 Å². The number of aromatic amines is 1. The number of rotatable bonds is 3. The Labute approximate surface area is 101 Å². The average molecular weight is 253 g/mol. The molecule has 0 saturated carbocycles. The second-order valence-electron chi connectivity index (χ2n) is 3.41. The third-order valence-corrected chi connectivity index (χ3v) is 2.64. The largest absolute Gasteiger partial charge is 0.334 e. The summed E-state index contributed by atoms with van der Waals surface area (Å²) in [6, 6.07) is 5.20. The summed E-state index contributed by atoms with van der Waals surface area (Å²) in [6.07, 6.45) is 0. The number of nitrogens with two attached hydrogens (primary N) is 1. The minimum absolute atomic E-state index is 0.173. The van der Waals surface area contributed by atoms with E-state index in [1.165, 1.54) is 7.11 Å². The smallest absolute Gasteiger partial charge is 0.280 e. The Kier molecular flexibility index (Phi) is 3.23. The van der Waals surface area contributed by atoms with Gasteiger partial charge in [0.1, 0.15) is 6.61 Å². The minimum atomic E-state index is -0.331. The summed E-state index contributed by atoms with van der Waals surface area (Å²) in [7, 11) is 1.43. The van der Waals surface area contributed by atoms with Crippen molar-refractivity contribution in [1.82, 2.24) is 9.66 Å². The molecule has 0 radical (unpaired) electrons. The number of aromatic nitrogens is 2. The highest BCUT2D eigenvalue weighted by Gasteiger charge is 2.04. The van der Waals surface area contributed by atoms with E-state index in [1.807, 2.05) is 0 Å². The molecule has 0 aliphatic rings. The Morgan fingerprint density at radius 1 is 1.53 bits per heavy atom. The van der Waals surface area contributed by atoms with Gasteiger partial charge >= 0.3 is 0 Å². The van der Waals surface area contributed by atoms with Crippen LogP contribution in [0.5, 0.6) is 0 Å². The van der Waals surface area contributed by atoms with Crippen molar-refractivity contribution in [2.75, 3.05) is 13.0 Å². The lowest BCUT2D eigenvalue weighted by atomic mass is 10.1. The van der Waals surface area contributed by atoms with E-state index in [-0.39, 0.29) is 10.3 Å². The Morgan fingerprint density at radius 2 is 2.29 bits per heavy atom. The first-order valence-electron chi connectivity index (χ1n) is 4.82. The maximum atomic E-state index is 11.8. The molecule has 0 saturated heterocycles. The van der Waals surface area contributed by atoms with Crippen molar-refractivity contribution in [2.24, 2.45) is 0 Å². The molecule has 0 unspecified atom stereocenters. The summed E-state index contributed by atoms with van der Waals surface area (Å²) in [5, 5.41) is 0.474. The van der Waals surface area contributed by atoms with Gasteiger partial charge in [0.2, 0.25) is 0 Å². The van der Waals surface area contributed by atoms with E-state index in [1.54, 1.807) is 18.2 Å². The summed E-state index contributed by atoms with van der Waals surface area (Å²) in [5.41, 5.74) is 1.15. The standard InChI is InChI=1S/C10H11N3O3S/c1-15-16-5-6-2-3-7-8(4-6)12-10(17)13(11)9(7)14/h2-4H,5,11H2,1H3,(H,12,17). The third-order valence-electron chi connectivity index (χ3n) is 2.34. The Morgan fingerprint density at radius 3 is 3.00 bits per heavy atom. The van der Waals surface area contributed by atoms with Crippen LogP contribution in [-0.2, 0) is 16.4 Å². The van der Waals surface area contributed by atoms with Gasteiger partial charge in [-0.25, -0.2) is 9.78 Å². The molecule has 2 rings (SSSR count). The van der Waals surface area contributed by atoms with Crippen LogP contribution < -0.4 is 11.4 Å². The van der Waals surface area contributed by atoms with Gasteiger partial charge in [-0.05, 0) is 29.9 Å². The van der Waals surface area contributed by atoms with E-state index in [0.29, 0.717) is 17.5 Å². The second kappa shape index (κ2) is 4.66. The average Bonchev–Trinajstić information content (AvgIpc) is 2.33. The highest BCUT2D eigenvalue weighted by atomic mass is 32.1. The third kappa shape index (κ3) is 2.21. The number of H-pyrrole nitrogens is 1. The highest BCUT2D eigenvalue weighted by molar-refractivity contribution is 7.71. The van der Waals surface area contributed by atoms with Gasteiger partial charge in [-0.1, -0.05) is 6.07 Å². The molecule has 6 nitrogen and oxygen atoms in total. The van der Waals surface area contributed by atoms with Crippen molar-refractivity contribution in [1.29, 1.82) is 0 Å². The first kappa shape index (κ1) is 11.8. The summed E-state index contributed by atoms with van der Waals surface area (Å²) >= 11 is 4.93. The van der Waals surface area contributed by atoms with Crippen LogP contribution in [-0.4, -0.2) is 16.8 Å². The van der Waals surface area contributed by atoms with E-state index >= 15 is 0 Å². The second-order valence-corrected chi connectivity index (χ2v) is 3.80. The predicted octanol–water partition coefficient (Wildman–Crippen LogP) is 0.851. The summed E-state index contributed by atoms with van der Waals surface area (Å²) < 4.78 is 1.08. The Bertz CT molecular complexity index is 662. The van der Waals surface area contributed by atoms with E-state index in [2.05, 4.69) is 9.87 Å². The fraction of sp³-hybridized carbons (Fsp3) is 0.200. The SMILES string of the molecule is COOCc1ccc2c(=O)n(N)c(=S)[nH]c2c1. The zero-order valence-corrected chi connectivity index (χ0v) is 9.91. The fourth-order valence-corrected chi connectivity index (χ4v) is 1.69. The first-order valence-corrected chi connectivity index (χ1v) is 5.23. The molecule has 0 fully saturated rings. The molecule has 0 aliphatic heterocycles. The maximum Gasteiger partial charge on any atom is 0.280 e. The first-order chi connectivity index (χ1) is 8.13.